The predicted octanol–water partition coefficient (Wildman–Crippen LogP) is 1.67. The average Bonchev–Trinajstić information content (AvgIpc) is 2.45. The van der Waals surface area contributed by atoms with Crippen LogP contribution in [0.3, 0.4) is 0 Å². The van der Waals surface area contributed by atoms with E-state index >= 15 is 0 Å². The lowest BCUT2D eigenvalue weighted by molar-refractivity contribution is 0.191. The van der Waals surface area contributed by atoms with Gasteiger partial charge < -0.3 is 5.32 Å². The number of nitrogens with one attached hydrogen (secondary N) is 1. The molecule has 2 saturated heterocycles. The summed E-state index contributed by atoms with van der Waals surface area (Å²) in [6, 6.07) is 0.137. The van der Waals surface area contributed by atoms with Gasteiger partial charge in [0.15, 0.2) is 0 Å². The minimum absolute atomic E-state index is 0.137. The summed E-state index contributed by atoms with van der Waals surface area (Å²) in [5, 5.41) is 3.37. The highest BCUT2D eigenvalue weighted by Gasteiger charge is 2.37. The van der Waals surface area contributed by atoms with Gasteiger partial charge in [-0.05, 0) is 57.5 Å². The Morgan fingerprint density at radius 3 is 2.33 bits per heavy atom. The van der Waals surface area contributed by atoms with Crippen LogP contribution in [-0.4, -0.2) is 55.8 Å². The Bertz CT molecular complexity index is 419. The fourth-order valence-electron chi connectivity index (χ4n) is 3.57. The summed E-state index contributed by atoms with van der Waals surface area (Å²) in [5.74, 6) is 1.26. The van der Waals surface area contributed by atoms with Gasteiger partial charge in [-0.25, -0.2) is 0 Å². The van der Waals surface area contributed by atoms with E-state index in [1.54, 1.807) is 8.61 Å². The number of rotatable bonds is 5. The molecule has 2 aliphatic rings. The third-order valence-corrected chi connectivity index (χ3v) is 7.11. The molecule has 0 spiro atoms. The van der Waals surface area contributed by atoms with Gasteiger partial charge in [-0.1, -0.05) is 13.8 Å². The van der Waals surface area contributed by atoms with Crippen LogP contribution in [0.4, 0.5) is 0 Å². The van der Waals surface area contributed by atoms with Crippen molar-refractivity contribution in [2.24, 2.45) is 11.8 Å². The van der Waals surface area contributed by atoms with E-state index in [1.165, 1.54) is 0 Å². The summed E-state index contributed by atoms with van der Waals surface area (Å²) in [6.45, 7) is 10.4. The minimum atomic E-state index is -3.26. The molecule has 2 heterocycles. The summed E-state index contributed by atoms with van der Waals surface area (Å²) in [5.41, 5.74) is 0. The molecule has 2 fully saturated rings. The van der Waals surface area contributed by atoms with E-state index in [0.29, 0.717) is 31.5 Å². The standard InChI is InChI=1S/C15H31N3O2S/c1-4-16-12-15-6-8-17(9-7-15)21(19,20)18-10-5-13(2)11-14(18)3/h13-16H,4-12H2,1-3H3. The summed E-state index contributed by atoms with van der Waals surface area (Å²) in [4.78, 5) is 0. The molecule has 0 saturated carbocycles. The van der Waals surface area contributed by atoms with Gasteiger partial charge in [-0.3, -0.25) is 0 Å². The molecule has 0 bridgehead atoms. The molecule has 0 aliphatic carbocycles. The topological polar surface area (TPSA) is 52.7 Å². The zero-order chi connectivity index (χ0) is 15.5. The second-order valence-corrected chi connectivity index (χ2v) is 8.63. The molecule has 2 rings (SSSR count). The summed E-state index contributed by atoms with van der Waals surface area (Å²) >= 11 is 0. The zero-order valence-corrected chi connectivity index (χ0v) is 14.5. The van der Waals surface area contributed by atoms with Crippen molar-refractivity contribution in [1.29, 1.82) is 0 Å². The quantitative estimate of drug-likeness (QED) is 0.839. The number of piperidine rings is 2. The largest absolute Gasteiger partial charge is 0.317 e. The highest BCUT2D eigenvalue weighted by atomic mass is 32.2. The van der Waals surface area contributed by atoms with Crippen LogP contribution >= 0.6 is 0 Å². The van der Waals surface area contributed by atoms with E-state index in [2.05, 4.69) is 19.2 Å². The molecule has 0 aromatic rings. The van der Waals surface area contributed by atoms with Crippen molar-refractivity contribution in [3.63, 3.8) is 0 Å². The molecule has 0 amide bonds. The van der Waals surface area contributed by atoms with Crippen LogP contribution in [0.25, 0.3) is 0 Å². The first-order valence-electron chi connectivity index (χ1n) is 8.42. The molecule has 2 aliphatic heterocycles. The average molecular weight is 317 g/mol. The highest BCUT2D eigenvalue weighted by molar-refractivity contribution is 7.86. The molecular weight excluding hydrogens is 286 g/mol. The third-order valence-electron chi connectivity index (χ3n) is 4.96. The molecule has 0 radical (unpaired) electrons. The van der Waals surface area contributed by atoms with Crippen molar-refractivity contribution < 1.29 is 8.42 Å². The Kier molecular flexibility index (Phi) is 6.05. The molecule has 0 aromatic heterocycles. The highest BCUT2D eigenvalue weighted by Crippen LogP contribution is 2.28. The van der Waals surface area contributed by atoms with Crippen molar-refractivity contribution in [1.82, 2.24) is 13.9 Å². The lowest BCUT2D eigenvalue weighted by atomic mass is 9.95. The minimum Gasteiger partial charge on any atom is -0.317 e. The monoisotopic (exact) mass is 317 g/mol. The molecule has 124 valence electrons. The smallest absolute Gasteiger partial charge is 0.282 e. The normalized spacial score (nSPS) is 30.6. The second kappa shape index (κ2) is 7.40. The maximum Gasteiger partial charge on any atom is 0.282 e. The molecule has 2 atom stereocenters. The fraction of sp³-hybridized carbons (Fsp3) is 1.00. The third kappa shape index (κ3) is 4.18. The van der Waals surface area contributed by atoms with E-state index in [-0.39, 0.29) is 6.04 Å². The van der Waals surface area contributed by atoms with Crippen molar-refractivity contribution in [3.05, 3.63) is 0 Å². The lowest BCUT2D eigenvalue weighted by Gasteiger charge is -2.40. The SMILES string of the molecule is CCNCC1CCN(S(=O)(=O)N2CCC(C)CC2C)CC1. The van der Waals surface area contributed by atoms with E-state index in [1.807, 2.05) is 6.92 Å². The summed E-state index contributed by atoms with van der Waals surface area (Å²) in [7, 11) is -3.26. The van der Waals surface area contributed by atoms with Gasteiger partial charge in [0.05, 0.1) is 0 Å². The first kappa shape index (κ1) is 17.2. The Morgan fingerprint density at radius 1 is 1.10 bits per heavy atom. The van der Waals surface area contributed by atoms with E-state index < -0.39 is 10.2 Å². The van der Waals surface area contributed by atoms with E-state index in [9.17, 15) is 8.42 Å². The van der Waals surface area contributed by atoms with Gasteiger partial charge in [0.25, 0.3) is 10.2 Å². The zero-order valence-electron chi connectivity index (χ0n) is 13.7. The number of hydrogen-bond acceptors (Lipinski definition) is 3. The van der Waals surface area contributed by atoms with E-state index in [0.717, 1.165) is 38.8 Å². The Balaban J connectivity index is 1.92. The Labute approximate surface area is 130 Å². The molecule has 6 heteroatoms. The Morgan fingerprint density at radius 2 is 1.76 bits per heavy atom. The van der Waals surface area contributed by atoms with Gasteiger partial charge >= 0.3 is 0 Å². The molecule has 0 aromatic carbocycles. The van der Waals surface area contributed by atoms with Gasteiger partial charge in [-0.15, -0.1) is 0 Å². The molecule has 1 N–H and O–H groups in total. The van der Waals surface area contributed by atoms with Gasteiger partial charge in [-0.2, -0.15) is 17.0 Å². The Hall–Kier alpha value is -0.170. The number of nitrogens with zero attached hydrogens (tertiary/aromatic N) is 2. The number of hydrogen-bond donors (Lipinski definition) is 1. The van der Waals surface area contributed by atoms with Crippen LogP contribution in [0, 0.1) is 11.8 Å². The summed E-state index contributed by atoms with van der Waals surface area (Å²) < 4.78 is 29.1. The van der Waals surface area contributed by atoms with Gasteiger partial charge in [0, 0.05) is 25.7 Å². The van der Waals surface area contributed by atoms with Crippen LogP contribution in [0.5, 0.6) is 0 Å². The van der Waals surface area contributed by atoms with Crippen molar-refractivity contribution >= 4 is 10.2 Å². The fourth-order valence-corrected chi connectivity index (χ4v) is 5.42. The van der Waals surface area contributed by atoms with Crippen LogP contribution in [0.2, 0.25) is 0 Å². The molecular formula is C15H31N3O2S. The lowest BCUT2D eigenvalue weighted by Crippen LogP contribution is -2.53. The van der Waals surface area contributed by atoms with Crippen LogP contribution in [0.15, 0.2) is 0 Å². The summed E-state index contributed by atoms with van der Waals surface area (Å²) in [6.07, 6.45) is 3.92. The second-order valence-electron chi connectivity index (χ2n) is 6.75. The first-order chi connectivity index (χ1) is 9.95. The van der Waals surface area contributed by atoms with Crippen LogP contribution in [0.1, 0.15) is 46.5 Å². The van der Waals surface area contributed by atoms with Crippen molar-refractivity contribution in [2.75, 3.05) is 32.7 Å². The first-order valence-corrected chi connectivity index (χ1v) is 9.82. The van der Waals surface area contributed by atoms with Crippen LogP contribution in [-0.2, 0) is 10.2 Å². The van der Waals surface area contributed by atoms with E-state index in [4.69, 9.17) is 0 Å². The molecule has 5 nitrogen and oxygen atoms in total. The van der Waals surface area contributed by atoms with Gasteiger partial charge in [0.1, 0.15) is 0 Å². The maximum atomic E-state index is 12.8. The van der Waals surface area contributed by atoms with Gasteiger partial charge in [0.2, 0.25) is 0 Å². The van der Waals surface area contributed by atoms with Crippen LogP contribution < -0.4 is 5.32 Å². The maximum absolute atomic E-state index is 12.8. The van der Waals surface area contributed by atoms with Crippen molar-refractivity contribution in [2.45, 2.75) is 52.5 Å². The molecule has 21 heavy (non-hydrogen) atoms. The van der Waals surface area contributed by atoms with Crippen molar-refractivity contribution in [3.8, 4) is 0 Å². The predicted molar refractivity (Wildman–Crippen MR) is 86.3 cm³/mol. The molecule has 2 unspecified atom stereocenters.